The molecule has 1 aromatic heterocycles. The first-order chi connectivity index (χ1) is 18.7. The van der Waals surface area contributed by atoms with Gasteiger partial charge in [-0.15, -0.1) is 0 Å². The van der Waals surface area contributed by atoms with Gasteiger partial charge < -0.3 is 19.9 Å². The topological polar surface area (TPSA) is 57.7 Å². The Morgan fingerprint density at radius 2 is 1.82 bits per heavy atom. The molecule has 2 aliphatic rings. The minimum Gasteiger partial charge on any atom is -0.482 e. The lowest BCUT2D eigenvalue weighted by Gasteiger charge is -2.41. The van der Waals surface area contributed by atoms with Gasteiger partial charge in [0.1, 0.15) is 10.5 Å². The summed E-state index contributed by atoms with van der Waals surface area (Å²) < 4.78 is 21.8. The fourth-order valence-electron chi connectivity index (χ4n) is 5.37. The first-order valence-electron chi connectivity index (χ1n) is 14.0. The first kappa shape index (κ1) is 27.4. The quantitative estimate of drug-likeness (QED) is 0.377. The molecule has 0 radical (unpaired) electrons. The summed E-state index contributed by atoms with van der Waals surface area (Å²) in [4.78, 5) is 22.0. The highest BCUT2D eigenvalue weighted by molar-refractivity contribution is 7.17. The number of halogens is 1. The van der Waals surface area contributed by atoms with E-state index in [0.29, 0.717) is 23.7 Å². The van der Waals surface area contributed by atoms with Crippen molar-refractivity contribution in [3.05, 3.63) is 70.5 Å². The van der Waals surface area contributed by atoms with E-state index in [9.17, 15) is 4.79 Å². The van der Waals surface area contributed by atoms with Crippen molar-refractivity contribution in [3.8, 4) is 5.75 Å². The van der Waals surface area contributed by atoms with Crippen LogP contribution in [0.25, 0.3) is 0 Å². The maximum atomic E-state index is 15.2. The Bertz CT molecular complexity index is 1290. The van der Waals surface area contributed by atoms with E-state index in [1.165, 1.54) is 28.5 Å². The summed E-state index contributed by atoms with van der Waals surface area (Å²) >= 11 is 1.43. The number of anilines is 2. The lowest BCUT2D eigenvalue weighted by Crippen LogP contribution is -2.48. The number of amides is 1. The fraction of sp³-hybridized carbons (Fsp3) is 0.484. The summed E-state index contributed by atoms with van der Waals surface area (Å²) in [5.41, 5.74) is 2.99. The zero-order valence-electron chi connectivity index (χ0n) is 23.4. The Hall–Kier alpha value is -3.13. The third kappa shape index (κ3) is 6.06. The number of nitrogens with zero attached hydrogens (tertiary/aromatic N) is 3. The van der Waals surface area contributed by atoms with Gasteiger partial charge in [0.25, 0.3) is 5.91 Å². The molecule has 0 aliphatic carbocycles. The van der Waals surface area contributed by atoms with Crippen molar-refractivity contribution < 1.29 is 13.9 Å². The van der Waals surface area contributed by atoms with E-state index in [-0.39, 0.29) is 17.1 Å². The highest BCUT2D eigenvalue weighted by Crippen LogP contribution is 2.43. The van der Waals surface area contributed by atoms with Crippen molar-refractivity contribution in [2.24, 2.45) is 0 Å². The van der Waals surface area contributed by atoms with Crippen LogP contribution < -0.4 is 19.9 Å². The number of hydrogen-bond acceptors (Lipinski definition) is 6. The Balaban J connectivity index is 1.30. The van der Waals surface area contributed by atoms with Crippen molar-refractivity contribution in [1.29, 1.82) is 0 Å². The molecule has 8 heteroatoms. The average Bonchev–Trinajstić information content (AvgIpc) is 3.36. The first-order valence-corrected chi connectivity index (χ1v) is 14.8. The molecule has 1 N–H and O–H groups in total. The maximum Gasteiger partial charge on any atom is 0.263 e. The molecule has 0 saturated carbocycles. The molecule has 0 atom stereocenters. The number of carbonyl (C=O) groups excluding carboxylic acids is 1. The predicted molar refractivity (Wildman–Crippen MR) is 157 cm³/mol. The minimum atomic E-state index is -0.434. The standard InChI is InChI=1S/C31H39FN4O2S/c1-5-16-33-28(37)26-20-34-29(39-26)35-17-13-31(14-18-35)15-19-36(25-8-6-7-24(32)27(25)38-31)21-22-9-11-23(12-10-22)30(2,3)4/h6-12,20H,5,13-19,21H2,1-4H3,(H,33,37). The van der Waals surface area contributed by atoms with Gasteiger partial charge in [0.15, 0.2) is 16.7 Å². The number of carbonyl (C=O) groups is 1. The number of thiazole rings is 1. The Kier molecular flexibility index (Phi) is 7.85. The largest absolute Gasteiger partial charge is 0.482 e. The van der Waals surface area contributed by atoms with Crippen LogP contribution in [0.3, 0.4) is 0 Å². The summed E-state index contributed by atoms with van der Waals surface area (Å²) in [6.45, 7) is 12.3. The molecule has 39 heavy (non-hydrogen) atoms. The Morgan fingerprint density at radius 1 is 1.10 bits per heavy atom. The van der Waals surface area contributed by atoms with Crippen molar-refractivity contribution in [1.82, 2.24) is 10.3 Å². The van der Waals surface area contributed by atoms with Gasteiger partial charge in [-0.25, -0.2) is 9.37 Å². The predicted octanol–water partition coefficient (Wildman–Crippen LogP) is 6.55. The molecule has 3 aromatic rings. The summed E-state index contributed by atoms with van der Waals surface area (Å²) in [5, 5.41) is 3.77. The number of para-hydroxylation sites is 1. The third-order valence-corrected chi connectivity index (χ3v) is 8.89. The maximum absolute atomic E-state index is 15.2. The number of aromatic nitrogens is 1. The number of fused-ring (bicyclic) bond motifs is 1. The second kappa shape index (κ2) is 11.2. The summed E-state index contributed by atoms with van der Waals surface area (Å²) in [6, 6.07) is 14.0. The van der Waals surface area contributed by atoms with Crippen molar-refractivity contribution in [3.63, 3.8) is 0 Å². The van der Waals surface area contributed by atoms with Crippen molar-refractivity contribution >= 4 is 28.1 Å². The van der Waals surface area contributed by atoms with Gasteiger partial charge in [-0.05, 0) is 35.1 Å². The molecular weight excluding hydrogens is 511 g/mol. The van der Waals surface area contributed by atoms with Crippen LogP contribution in [0.2, 0.25) is 0 Å². The highest BCUT2D eigenvalue weighted by Gasteiger charge is 2.41. The molecule has 1 saturated heterocycles. The minimum absolute atomic E-state index is 0.0681. The SMILES string of the molecule is CCCNC(=O)c1cnc(N2CCC3(CC2)CCN(Cc2ccc(C(C)(C)C)cc2)c2cccc(F)c2O3)s1. The van der Waals surface area contributed by atoms with E-state index in [2.05, 4.69) is 65.1 Å². The highest BCUT2D eigenvalue weighted by atomic mass is 32.1. The van der Waals surface area contributed by atoms with E-state index in [0.717, 1.165) is 56.1 Å². The number of piperidine rings is 1. The van der Waals surface area contributed by atoms with E-state index >= 15 is 4.39 Å². The van der Waals surface area contributed by atoms with Crippen molar-refractivity contribution in [2.75, 3.05) is 36.0 Å². The van der Waals surface area contributed by atoms with E-state index in [4.69, 9.17) is 4.74 Å². The van der Waals surface area contributed by atoms with Crippen LogP contribution in [0.1, 0.15) is 74.2 Å². The number of rotatable bonds is 6. The van der Waals surface area contributed by atoms with Crippen molar-refractivity contribution in [2.45, 2.75) is 70.9 Å². The number of ether oxygens (including phenoxy) is 1. The van der Waals surface area contributed by atoms with Crippen LogP contribution in [0.15, 0.2) is 48.7 Å². The molecule has 2 aromatic carbocycles. The van der Waals surface area contributed by atoms with E-state index < -0.39 is 5.60 Å². The van der Waals surface area contributed by atoms with Crippen LogP contribution >= 0.6 is 11.3 Å². The van der Waals surface area contributed by atoms with Gasteiger partial charge >= 0.3 is 0 Å². The molecule has 208 valence electrons. The molecule has 0 unspecified atom stereocenters. The molecular formula is C31H39FN4O2S. The molecule has 6 nitrogen and oxygen atoms in total. The normalized spacial score (nSPS) is 16.9. The third-order valence-electron chi connectivity index (χ3n) is 7.83. The smallest absolute Gasteiger partial charge is 0.263 e. The second-order valence-electron chi connectivity index (χ2n) is 11.7. The van der Waals surface area contributed by atoms with Gasteiger partial charge in [0.05, 0.1) is 11.9 Å². The summed E-state index contributed by atoms with van der Waals surface area (Å²) in [6.07, 6.45) is 4.92. The number of nitrogens with one attached hydrogen (secondary N) is 1. The van der Waals surface area contributed by atoms with E-state index in [1.54, 1.807) is 12.3 Å². The summed E-state index contributed by atoms with van der Waals surface area (Å²) in [7, 11) is 0. The lowest BCUT2D eigenvalue weighted by molar-refractivity contribution is 0.0375. The molecule has 1 amide bonds. The zero-order chi connectivity index (χ0) is 27.6. The van der Waals surface area contributed by atoms with Crippen LogP contribution in [0, 0.1) is 5.82 Å². The molecule has 1 spiro atoms. The zero-order valence-corrected chi connectivity index (χ0v) is 24.2. The molecule has 0 bridgehead atoms. The number of benzene rings is 2. The van der Waals surface area contributed by atoms with Crippen LogP contribution in [-0.2, 0) is 12.0 Å². The van der Waals surface area contributed by atoms with Gasteiger partial charge in [-0.3, -0.25) is 4.79 Å². The summed E-state index contributed by atoms with van der Waals surface area (Å²) in [5.74, 6) is -0.0211. The molecule has 5 rings (SSSR count). The monoisotopic (exact) mass is 550 g/mol. The lowest BCUT2D eigenvalue weighted by atomic mass is 9.86. The van der Waals surface area contributed by atoms with Crippen LogP contribution in [-0.4, -0.2) is 42.7 Å². The van der Waals surface area contributed by atoms with Gasteiger partial charge in [0.2, 0.25) is 0 Å². The van der Waals surface area contributed by atoms with Gasteiger partial charge in [-0.1, -0.05) is 69.4 Å². The molecule has 2 aliphatic heterocycles. The molecule has 3 heterocycles. The Labute approximate surface area is 235 Å². The fourth-order valence-corrected chi connectivity index (χ4v) is 6.25. The van der Waals surface area contributed by atoms with Crippen LogP contribution in [0.4, 0.5) is 15.2 Å². The average molecular weight is 551 g/mol. The molecule has 1 fully saturated rings. The second-order valence-corrected chi connectivity index (χ2v) is 12.8. The van der Waals surface area contributed by atoms with Gasteiger partial charge in [0, 0.05) is 52.0 Å². The van der Waals surface area contributed by atoms with Gasteiger partial charge in [-0.2, -0.15) is 0 Å². The van der Waals surface area contributed by atoms with Crippen LogP contribution in [0.5, 0.6) is 5.75 Å². The van der Waals surface area contributed by atoms with E-state index in [1.807, 2.05) is 13.0 Å². The Morgan fingerprint density at radius 3 is 2.51 bits per heavy atom. The number of hydrogen-bond donors (Lipinski definition) is 1.